The average Bonchev–Trinajstić information content (AvgIpc) is 2.90. The van der Waals surface area contributed by atoms with Crippen LogP contribution in [0.5, 0.6) is 0 Å². The summed E-state index contributed by atoms with van der Waals surface area (Å²) in [6.07, 6.45) is 0. The van der Waals surface area contributed by atoms with Crippen molar-refractivity contribution in [1.29, 1.82) is 0 Å². The van der Waals surface area contributed by atoms with E-state index in [1.54, 1.807) is 18.4 Å². The second-order valence-electron chi connectivity index (χ2n) is 4.29. The van der Waals surface area contributed by atoms with Crippen molar-refractivity contribution in [2.75, 3.05) is 12.8 Å². The number of nitro benzene ring substituents is 1. The van der Waals surface area contributed by atoms with Crippen molar-refractivity contribution >= 4 is 28.6 Å². The first-order valence-corrected chi connectivity index (χ1v) is 6.74. The van der Waals surface area contributed by atoms with Crippen LogP contribution in [0, 0.1) is 10.1 Å². The Hall–Kier alpha value is -2.41. The van der Waals surface area contributed by atoms with Crippen molar-refractivity contribution in [3.05, 3.63) is 56.3 Å². The molecule has 0 radical (unpaired) electrons. The smallest absolute Gasteiger partial charge is 0.292 e. The third-order valence-corrected chi connectivity index (χ3v) is 3.59. The molecular formula is C13H13N3O3S. The third-order valence-electron chi connectivity index (χ3n) is 2.86. The molecule has 7 heteroatoms. The van der Waals surface area contributed by atoms with E-state index in [4.69, 9.17) is 5.73 Å². The van der Waals surface area contributed by atoms with Crippen LogP contribution >= 0.6 is 11.3 Å². The maximum Gasteiger partial charge on any atom is 0.292 e. The minimum absolute atomic E-state index is 0.0975. The number of nitro groups is 1. The molecule has 2 rings (SSSR count). The first-order valence-electron chi connectivity index (χ1n) is 5.80. The van der Waals surface area contributed by atoms with E-state index in [0.717, 1.165) is 5.56 Å². The van der Waals surface area contributed by atoms with Gasteiger partial charge in [0.2, 0.25) is 0 Å². The number of nitrogens with two attached hydrogens (primary N) is 1. The lowest BCUT2D eigenvalue weighted by atomic mass is 10.1. The molecule has 20 heavy (non-hydrogen) atoms. The molecule has 0 spiro atoms. The predicted octanol–water partition coefficient (Wildman–Crippen LogP) is 2.51. The highest BCUT2D eigenvalue weighted by molar-refractivity contribution is 7.07. The average molecular weight is 291 g/mol. The van der Waals surface area contributed by atoms with E-state index < -0.39 is 4.92 Å². The molecule has 0 aliphatic carbocycles. The zero-order chi connectivity index (χ0) is 14.7. The Labute approximate surface area is 119 Å². The number of nitrogen functional groups attached to an aromatic ring is 1. The number of amides is 1. The fraction of sp³-hybridized carbons (Fsp3) is 0.154. The molecule has 1 aromatic heterocycles. The predicted molar refractivity (Wildman–Crippen MR) is 77.6 cm³/mol. The summed E-state index contributed by atoms with van der Waals surface area (Å²) in [6.45, 7) is 0.435. The fourth-order valence-electron chi connectivity index (χ4n) is 1.83. The van der Waals surface area contributed by atoms with Crippen molar-refractivity contribution < 1.29 is 9.72 Å². The number of carbonyl (C=O) groups excluding carboxylic acids is 1. The molecule has 1 amide bonds. The summed E-state index contributed by atoms with van der Waals surface area (Å²) >= 11 is 1.55. The quantitative estimate of drug-likeness (QED) is 0.532. The summed E-state index contributed by atoms with van der Waals surface area (Å²) < 4.78 is 0. The van der Waals surface area contributed by atoms with Gasteiger partial charge in [0, 0.05) is 19.7 Å². The van der Waals surface area contributed by atoms with Gasteiger partial charge in [-0.2, -0.15) is 11.3 Å². The van der Waals surface area contributed by atoms with Gasteiger partial charge in [0.1, 0.15) is 5.69 Å². The van der Waals surface area contributed by atoms with E-state index in [0.29, 0.717) is 6.54 Å². The van der Waals surface area contributed by atoms with E-state index in [9.17, 15) is 14.9 Å². The minimum atomic E-state index is -0.592. The molecule has 0 atom stereocenters. The number of benzene rings is 1. The summed E-state index contributed by atoms with van der Waals surface area (Å²) in [5, 5.41) is 14.7. The fourth-order valence-corrected chi connectivity index (χ4v) is 2.49. The van der Waals surface area contributed by atoms with Gasteiger partial charge in [0.15, 0.2) is 0 Å². The molecule has 0 saturated heterocycles. The largest absolute Gasteiger partial charge is 0.393 e. The minimum Gasteiger partial charge on any atom is -0.393 e. The monoisotopic (exact) mass is 291 g/mol. The van der Waals surface area contributed by atoms with Crippen LogP contribution in [0.15, 0.2) is 35.0 Å². The Kier molecular flexibility index (Phi) is 3.99. The maximum atomic E-state index is 12.3. The molecule has 6 nitrogen and oxygen atoms in total. The van der Waals surface area contributed by atoms with Crippen LogP contribution in [0.4, 0.5) is 11.4 Å². The molecule has 104 valence electrons. The number of carbonyl (C=O) groups is 1. The van der Waals surface area contributed by atoms with E-state index in [1.807, 2.05) is 16.8 Å². The van der Waals surface area contributed by atoms with Gasteiger partial charge >= 0.3 is 0 Å². The molecular weight excluding hydrogens is 278 g/mol. The Bertz CT molecular complexity index is 640. The van der Waals surface area contributed by atoms with E-state index in [2.05, 4.69) is 0 Å². The van der Waals surface area contributed by atoms with Crippen LogP contribution in [0.1, 0.15) is 15.9 Å². The summed E-state index contributed by atoms with van der Waals surface area (Å²) in [7, 11) is 1.64. The molecule has 0 aliphatic rings. The van der Waals surface area contributed by atoms with Gasteiger partial charge in [0.25, 0.3) is 11.6 Å². The topological polar surface area (TPSA) is 89.5 Å². The van der Waals surface area contributed by atoms with E-state index >= 15 is 0 Å². The van der Waals surface area contributed by atoms with E-state index in [-0.39, 0.29) is 22.8 Å². The van der Waals surface area contributed by atoms with Crippen LogP contribution in [0.25, 0.3) is 0 Å². The van der Waals surface area contributed by atoms with E-state index in [1.165, 1.54) is 23.1 Å². The summed E-state index contributed by atoms with van der Waals surface area (Å²) in [4.78, 5) is 24.0. The molecule has 0 bridgehead atoms. The molecule has 1 heterocycles. The Morgan fingerprint density at radius 2 is 2.20 bits per heavy atom. The van der Waals surface area contributed by atoms with Crippen molar-refractivity contribution in [1.82, 2.24) is 4.90 Å². The van der Waals surface area contributed by atoms with Crippen LogP contribution in [-0.2, 0) is 6.54 Å². The lowest BCUT2D eigenvalue weighted by Crippen LogP contribution is -2.27. The lowest BCUT2D eigenvalue weighted by Gasteiger charge is -2.17. The van der Waals surface area contributed by atoms with Crippen molar-refractivity contribution in [2.45, 2.75) is 6.54 Å². The molecule has 0 fully saturated rings. The van der Waals surface area contributed by atoms with Gasteiger partial charge in [-0.15, -0.1) is 0 Å². The maximum absolute atomic E-state index is 12.3. The normalized spacial score (nSPS) is 10.2. The van der Waals surface area contributed by atoms with Crippen molar-refractivity contribution in [3.63, 3.8) is 0 Å². The first kappa shape index (κ1) is 14.0. The first-order chi connectivity index (χ1) is 9.50. The van der Waals surface area contributed by atoms with Gasteiger partial charge in [-0.1, -0.05) is 6.07 Å². The Morgan fingerprint density at radius 3 is 2.80 bits per heavy atom. The molecule has 0 unspecified atom stereocenters. The van der Waals surface area contributed by atoms with Gasteiger partial charge in [-0.3, -0.25) is 14.9 Å². The SMILES string of the molecule is CN(Cc1ccsc1)C(=O)c1cccc([N+](=O)[O-])c1N. The zero-order valence-electron chi connectivity index (χ0n) is 10.8. The summed E-state index contributed by atoms with van der Waals surface area (Å²) in [6, 6.07) is 6.16. The molecule has 0 saturated carbocycles. The standard InChI is InChI=1S/C13H13N3O3S/c1-15(7-9-5-6-20-8-9)13(17)10-3-2-4-11(12(10)14)16(18)19/h2-6,8H,7,14H2,1H3. The number of rotatable bonds is 4. The Morgan fingerprint density at radius 1 is 1.45 bits per heavy atom. The van der Waals surface area contributed by atoms with Gasteiger partial charge in [-0.05, 0) is 28.5 Å². The number of thiophene rings is 1. The molecule has 2 N–H and O–H groups in total. The number of nitrogens with zero attached hydrogens (tertiary/aromatic N) is 2. The highest BCUT2D eigenvalue weighted by Gasteiger charge is 2.21. The third kappa shape index (κ3) is 2.77. The highest BCUT2D eigenvalue weighted by atomic mass is 32.1. The van der Waals surface area contributed by atoms with Gasteiger partial charge < -0.3 is 10.6 Å². The van der Waals surface area contributed by atoms with Crippen LogP contribution < -0.4 is 5.73 Å². The summed E-state index contributed by atoms with van der Waals surface area (Å²) in [5.41, 5.74) is 6.52. The lowest BCUT2D eigenvalue weighted by molar-refractivity contribution is -0.383. The molecule has 2 aromatic rings. The molecule has 0 aliphatic heterocycles. The highest BCUT2D eigenvalue weighted by Crippen LogP contribution is 2.26. The van der Waals surface area contributed by atoms with Crippen LogP contribution in [0.3, 0.4) is 0 Å². The number of para-hydroxylation sites is 1. The van der Waals surface area contributed by atoms with Gasteiger partial charge in [0.05, 0.1) is 10.5 Å². The number of hydrogen-bond donors (Lipinski definition) is 1. The van der Waals surface area contributed by atoms with Gasteiger partial charge in [-0.25, -0.2) is 0 Å². The second-order valence-corrected chi connectivity index (χ2v) is 5.07. The number of hydrogen-bond acceptors (Lipinski definition) is 5. The Balaban J connectivity index is 2.25. The number of anilines is 1. The van der Waals surface area contributed by atoms with Crippen LogP contribution in [-0.4, -0.2) is 22.8 Å². The summed E-state index contributed by atoms with van der Waals surface area (Å²) in [5.74, 6) is -0.336. The zero-order valence-corrected chi connectivity index (χ0v) is 11.6. The van der Waals surface area contributed by atoms with Crippen molar-refractivity contribution in [3.8, 4) is 0 Å². The molecule has 1 aromatic carbocycles. The van der Waals surface area contributed by atoms with Crippen LogP contribution in [0.2, 0.25) is 0 Å². The second kappa shape index (κ2) is 5.70. The van der Waals surface area contributed by atoms with Crippen molar-refractivity contribution in [2.24, 2.45) is 0 Å².